The van der Waals surface area contributed by atoms with Crippen molar-refractivity contribution in [3.63, 3.8) is 0 Å². The zero-order valence-electron chi connectivity index (χ0n) is 10.1. The number of benzene rings is 1. The van der Waals surface area contributed by atoms with E-state index in [1.165, 1.54) is 11.1 Å². The summed E-state index contributed by atoms with van der Waals surface area (Å²) in [4.78, 5) is 2.03. The number of aliphatic hydroxyl groups excluding tert-OH is 1. The van der Waals surface area contributed by atoms with Gasteiger partial charge < -0.3 is 10.0 Å². The van der Waals surface area contributed by atoms with E-state index in [2.05, 4.69) is 38.1 Å². The zero-order valence-corrected chi connectivity index (χ0v) is 10.1. The van der Waals surface area contributed by atoms with Crippen molar-refractivity contribution in [1.29, 1.82) is 0 Å². The van der Waals surface area contributed by atoms with Crippen LogP contribution in [-0.4, -0.2) is 30.7 Å². The summed E-state index contributed by atoms with van der Waals surface area (Å²) < 4.78 is 0. The molecule has 2 nitrogen and oxygen atoms in total. The molecule has 0 spiro atoms. The van der Waals surface area contributed by atoms with Crippen molar-refractivity contribution in [3.05, 3.63) is 35.4 Å². The third kappa shape index (κ3) is 3.05. The van der Waals surface area contributed by atoms with Crippen LogP contribution in [-0.2, 0) is 0 Å². The van der Waals surface area contributed by atoms with Crippen molar-refractivity contribution in [3.8, 4) is 0 Å². The molecule has 0 fully saturated rings. The van der Waals surface area contributed by atoms with Crippen LogP contribution in [0.3, 0.4) is 0 Å². The molecule has 1 N–H and O–H groups in total. The summed E-state index contributed by atoms with van der Waals surface area (Å²) >= 11 is 0. The van der Waals surface area contributed by atoms with Gasteiger partial charge in [0.2, 0.25) is 0 Å². The molecular weight excluding hydrogens is 186 g/mol. The number of rotatable bonds is 4. The van der Waals surface area contributed by atoms with E-state index in [1.54, 1.807) is 0 Å². The highest BCUT2D eigenvalue weighted by Gasteiger charge is 2.12. The lowest BCUT2D eigenvalue weighted by atomic mass is 9.99. The topological polar surface area (TPSA) is 23.5 Å². The van der Waals surface area contributed by atoms with E-state index in [0.717, 1.165) is 0 Å². The van der Waals surface area contributed by atoms with Gasteiger partial charge in [-0.05, 0) is 31.1 Å². The van der Waals surface area contributed by atoms with E-state index in [4.69, 9.17) is 0 Å². The van der Waals surface area contributed by atoms with Crippen molar-refractivity contribution in [1.82, 2.24) is 4.90 Å². The molecule has 1 rings (SSSR count). The van der Waals surface area contributed by atoms with Gasteiger partial charge in [0.1, 0.15) is 0 Å². The maximum Gasteiger partial charge on any atom is 0.0628 e. The summed E-state index contributed by atoms with van der Waals surface area (Å²) in [5.41, 5.74) is 2.51. The maximum atomic E-state index is 9.29. The Morgan fingerprint density at radius 3 is 1.87 bits per heavy atom. The van der Waals surface area contributed by atoms with E-state index in [9.17, 15) is 5.11 Å². The minimum Gasteiger partial charge on any atom is -0.394 e. The van der Waals surface area contributed by atoms with Crippen LogP contribution in [0.15, 0.2) is 24.3 Å². The first-order valence-corrected chi connectivity index (χ1v) is 5.43. The maximum absolute atomic E-state index is 9.29. The van der Waals surface area contributed by atoms with E-state index in [1.807, 2.05) is 19.0 Å². The van der Waals surface area contributed by atoms with Gasteiger partial charge in [0.15, 0.2) is 0 Å². The van der Waals surface area contributed by atoms with Crippen LogP contribution >= 0.6 is 0 Å². The monoisotopic (exact) mass is 207 g/mol. The second-order valence-electron chi connectivity index (χ2n) is 4.48. The minimum absolute atomic E-state index is 0.103. The van der Waals surface area contributed by atoms with Gasteiger partial charge in [0, 0.05) is 0 Å². The molecule has 15 heavy (non-hydrogen) atoms. The predicted molar refractivity (Wildman–Crippen MR) is 64.0 cm³/mol. The average Bonchev–Trinajstić information content (AvgIpc) is 2.19. The highest BCUT2D eigenvalue weighted by Crippen LogP contribution is 2.21. The molecule has 1 unspecified atom stereocenters. The van der Waals surface area contributed by atoms with Gasteiger partial charge in [0.05, 0.1) is 12.6 Å². The average molecular weight is 207 g/mol. The Morgan fingerprint density at radius 2 is 1.53 bits per heavy atom. The largest absolute Gasteiger partial charge is 0.394 e. The Morgan fingerprint density at radius 1 is 1.07 bits per heavy atom. The van der Waals surface area contributed by atoms with Crippen LogP contribution in [0.1, 0.15) is 36.9 Å². The first-order chi connectivity index (χ1) is 7.06. The lowest BCUT2D eigenvalue weighted by molar-refractivity contribution is 0.171. The fourth-order valence-electron chi connectivity index (χ4n) is 1.67. The second-order valence-corrected chi connectivity index (χ2v) is 4.48. The summed E-state index contributed by atoms with van der Waals surface area (Å²) in [7, 11) is 3.97. The van der Waals surface area contributed by atoms with Crippen molar-refractivity contribution < 1.29 is 5.11 Å². The van der Waals surface area contributed by atoms with Gasteiger partial charge in [0.25, 0.3) is 0 Å². The molecule has 0 saturated carbocycles. The summed E-state index contributed by atoms with van der Waals surface area (Å²) in [5, 5.41) is 9.29. The third-order valence-electron chi connectivity index (χ3n) is 2.78. The first kappa shape index (κ1) is 12.2. The van der Waals surface area contributed by atoms with Gasteiger partial charge in [-0.15, -0.1) is 0 Å². The zero-order chi connectivity index (χ0) is 11.4. The number of nitrogens with zero attached hydrogens (tertiary/aromatic N) is 1. The normalized spacial score (nSPS) is 13.5. The van der Waals surface area contributed by atoms with Crippen LogP contribution in [0.2, 0.25) is 0 Å². The van der Waals surface area contributed by atoms with Gasteiger partial charge in [-0.3, -0.25) is 0 Å². The lowest BCUT2D eigenvalue weighted by Crippen LogP contribution is -2.23. The molecule has 0 aliphatic carbocycles. The Bertz CT molecular complexity index is 290. The lowest BCUT2D eigenvalue weighted by Gasteiger charge is -2.22. The van der Waals surface area contributed by atoms with E-state index >= 15 is 0 Å². The van der Waals surface area contributed by atoms with Gasteiger partial charge >= 0.3 is 0 Å². The van der Waals surface area contributed by atoms with Crippen LogP contribution in [0.5, 0.6) is 0 Å². The molecule has 1 atom stereocenters. The molecule has 0 aliphatic heterocycles. The Balaban J connectivity index is 2.87. The van der Waals surface area contributed by atoms with E-state index in [0.29, 0.717) is 5.92 Å². The van der Waals surface area contributed by atoms with E-state index < -0.39 is 0 Å². The second kappa shape index (κ2) is 5.29. The molecule has 0 radical (unpaired) electrons. The number of aliphatic hydroxyl groups is 1. The van der Waals surface area contributed by atoms with Crippen molar-refractivity contribution >= 4 is 0 Å². The number of hydrogen-bond acceptors (Lipinski definition) is 2. The Kier molecular flexibility index (Phi) is 4.30. The standard InChI is InChI=1S/C13H21NO/c1-10(2)11-5-7-12(8-6-11)13(9-15)14(3)4/h5-8,10,13,15H,9H2,1-4H3. The molecular formula is C13H21NO. The molecule has 2 heteroatoms. The van der Waals surface area contributed by atoms with Crippen LogP contribution < -0.4 is 0 Å². The van der Waals surface area contributed by atoms with Crippen molar-refractivity contribution in [2.75, 3.05) is 20.7 Å². The summed E-state index contributed by atoms with van der Waals surface area (Å²) in [5.74, 6) is 0.561. The Labute approximate surface area is 92.5 Å². The van der Waals surface area contributed by atoms with Gasteiger partial charge in [-0.25, -0.2) is 0 Å². The molecule has 1 aromatic rings. The van der Waals surface area contributed by atoms with Gasteiger partial charge in [-0.1, -0.05) is 38.1 Å². The minimum atomic E-state index is 0.103. The van der Waals surface area contributed by atoms with Crippen molar-refractivity contribution in [2.24, 2.45) is 0 Å². The van der Waals surface area contributed by atoms with Crippen LogP contribution in [0.4, 0.5) is 0 Å². The molecule has 0 bridgehead atoms. The summed E-state index contributed by atoms with van der Waals surface area (Å²) in [6.07, 6.45) is 0. The number of likely N-dealkylation sites (N-methyl/N-ethyl adjacent to an activating group) is 1. The smallest absolute Gasteiger partial charge is 0.0628 e. The fourth-order valence-corrected chi connectivity index (χ4v) is 1.67. The quantitative estimate of drug-likeness (QED) is 0.819. The fraction of sp³-hybridized carbons (Fsp3) is 0.538. The molecule has 1 aromatic carbocycles. The van der Waals surface area contributed by atoms with Gasteiger partial charge in [-0.2, -0.15) is 0 Å². The molecule has 0 aromatic heterocycles. The molecule has 0 aliphatic rings. The molecule has 0 amide bonds. The SMILES string of the molecule is CC(C)c1ccc(C(CO)N(C)C)cc1. The van der Waals surface area contributed by atoms with Crippen LogP contribution in [0.25, 0.3) is 0 Å². The first-order valence-electron chi connectivity index (χ1n) is 5.43. The third-order valence-corrected chi connectivity index (χ3v) is 2.78. The predicted octanol–water partition coefficient (Wildman–Crippen LogP) is 2.41. The molecule has 0 saturated heterocycles. The highest BCUT2D eigenvalue weighted by atomic mass is 16.3. The van der Waals surface area contributed by atoms with Crippen molar-refractivity contribution in [2.45, 2.75) is 25.8 Å². The molecule has 0 heterocycles. The molecule has 84 valence electrons. The number of hydrogen-bond donors (Lipinski definition) is 1. The highest BCUT2D eigenvalue weighted by molar-refractivity contribution is 5.26. The van der Waals surface area contributed by atoms with E-state index in [-0.39, 0.29) is 12.6 Å². The van der Waals surface area contributed by atoms with Crippen LogP contribution in [0, 0.1) is 0 Å². The Hall–Kier alpha value is -0.860. The summed E-state index contributed by atoms with van der Waals surface area (Å²) in [6, 6.07) is 8.61. The summed E-state index contributed by atoms with van der Waals surface area (Å²) in [6.45, 7) is 4.53.